The molecule has 1 aliphatic carbocycles. The van der Waals surface area contributed by atoms with Gasteiger partial charge in [-0.1, -0.05) is 48.5 Å². The number of fused-ring (bicyclic) bond motifs is 3. The van der Waals surface area contributed by atoms with Crippen molar-refractivity contribution in [2.24, 2.45) is 0 Å². The van der Waals surface area contributed by atoms with E-state index in [9.17, 15) is 24.3 Å². The predicted molar refractivity (Wildman–Crippen MR) is 161 cm³/mol. The van der Waals surface area contributed by atoms with Crippen LogP contribution < -0.4 is 5.32 Å². The Balaban J connectivity index is 1.62. The monoisotopic (exact) mass is 597 g/mol. The van der Waals surface area contributed by atoms with Crippen LogP contribution in [0.15, 0.2) is 48.5 Å². The molecular formula is C32H43N3O8. The van der Waals surface area contributed by atoms with Gasteiger partial charge in [-0.05, 0) is 70.2 Å². The number of carbonyl (C=O) groups excluding carboxylic acids is 3. The zero-order valence-electron chi connectivity index (χ0n) is 26.0. The van der Waals surface area contributed by atoms with Crippen molar-refractivity contribution >= 4 is 24.2 Å². The molecule has 2 N–H and O–H groups in total. The number of nitrogens with zero attached hydrogens (tertiary/aromatic N) is 2. The van der Waals surface area contributed by atoms with Gasteiger partial charge in [-0.3, -0.25) is 0 Å². The van der Waals surface area contributed by atoms with Crippen LogP contribution in [0.5, 0.6) is 0 Å². The van der Waals surface area contributed by atoms with Crippen molar-refractivity contribution in [3.8, 4) is 11.1 Å². The van der Waals surface area contributed by atoms with Crippen LogP contribution in [0.3, 0.4) is 0 Å². The third kappa shape index (κ3) is 9.62. The summed E-state index contributed by atoms with van der Waals surface area (Å²) in [5, 5.41) is 12.2. The Labute approximate surface area is 253 Å². The molecule has 1 aliphatic rings. The summed E-state index contributed by atoms with van der Waals surface area (Å²) < 4.78 is 16.4. The van der Waals surface area contributed by atoms with Gasteiger partial charge in [0.25, 0.3) is 0 Å². The number of likely N-dealkylation sites (N-methyl/N-ethyl adjacent to an activating group) is 1. The van der Waals surface area contributed by atoms with E-state index in [1.165, 1.54) is 9.80 Å². The summed E-state index contributed by atoms with van der Waals surface area (Å²) in [4.78, 5) is 52.7. The summed E-state index contributed by atoms with van der Waals surface area (Å²) >= 11 is 0. The lowest BCUT2D eigenvalue weighted by atomic mass is 9.98. The maximum absolute atomic E-state index is 12.9. The highest BCUT2D eigenvalue weighted by Crippen LogP contribution is 2.44. The summed E-state index contributed by atoms with van der Waals surface area (Å²) in [6, 6.07) is 14.5. The Morgan fingerprint density at radius 1 is 0.814 bits per heavy atom. The summed E-state index contributed by atoms with van der Waals surface area (Å²) in [6.45, 7) is 10.6. The van der Waals surface area contributed by atoms with E-state index in [0.717, 1.165) is 22.3 Å². The van der Waals surface area contributed by atoms with Crippen LogP contribution in [0.4, 0.5) is 14.4 Å². The number of hydrogen-bond acceptors (Lipinski definition) is 7. The largest absolute Gasteiger partial charge is 0.480 e. The molecule has 2 aromatic carbocycles. The standard InChI is InChI=1S/C32H43N3O8/c1-31(2,3)42-29(39)34(7)18-19-35(30(40)43-32(4,5)6)17-16-26(27(36)37)33-28(38)41-20-25-23-14-10-8-12-21(23)22-13-9-11-15-24(22)25/h8-15,25-26H,16-20H2,1-7H3,(H,33,38)(H,36,37)/t26-/m0/s1. The van der Waals surface area contributed by atoms with Crippen molar-refractivity contribution in [2.45, 2.75) is 71.1 Å². The highest BCUT2D eigenvalue weighted by atomic mass is 16.6. The molecule has 0 saturated heterocycles. The molecule has 234 valence electrons. The molecule has 0 bridgehead atoms. The summed E-state index contributed by atoms with van der Waals surface area (Å²) in [7, 11) is 1.54. The van der Waals surface area contributed by atoms with Gasteiger partial charge in [0, 0.05) is 32.6 Å². The van der Waals surface area contributed by atoms with Crippen molar-refractivity contribution < 1.29 is 38.5 Å². The minimum absolute atomic E-state index is 0.0350. The first-order valence-electron chi connectivity index (χ1n) is 14.3. The van der Waals surface area contributed by atoms with Crippen molar-refractivity contribution in [3.05, 3.63) is 59.7 Å². The first-order chi connectivity index (χ1) is 20.1. The SMILES string of the molecule is CN(CCN(CC[C@H](NC(=O)OCC1c2ccccc2-c2ccccc21)C(=O)O)C(=O)OC(C)(C)C)C(=O)OC(C)(C)C. The van der Waals surface area contributed by atoms with E-state index in [0.29, 0.717) is 0 Å². The number of carboxylic acids is 1. The average Bonchev–Trinajstić information content (AvgIpc) is 3.22. The smallest absolute Gasteiger partial charge is 0.410 e. The molecule has 0 aromatic heterocycles. The van der Waals surface area contributed by atoms with Crippen LogP contribution in [-0.2, 0) is 19.0 Å². The number of alkyl carbamates (subject to hydrolysis) is 1. The Kier molecular flexibility index (Phi) is 10.7. The van der Waals surface area contributed by atoms with Crippen LogP contribution in [0, 0.1) is 0 Å². The van der Waals surface area contributed by atoms with Gasteiger partial charge in [0.15, 0.2) is 0 Å². The zero-order chi connectivity index (χ0) is 31.9. The fraction of sp³-hybridized carbons (Fsp3) is 0.500. The zero-order valence-corrected chi connectivity index (χ0v) is 26.0. The van der Waals surface area contributed by atoms with Gasteiger partial charge < -0.3 is 34.4 Å². The fourth-order valence-electron chi connectivity index (χ4n) is 4.65. The maximum atomic E-state index is 12.9. The van der Waals surface area contributed by atoms with Crippen LogP contribution >= 0.6 is 0 Å². The summed E-state index contributed by atoms with van der Waals surface area (Å²) in [6.07, 6.45) is -2.22. The number of nitrogens with one attached hydrogen (secondary N) is 1. The molecule has 0 heterocycles. The number of benzene rings is 2. The molecule has 0 saturated carbocycles. The second-order valence-corrected chi connectivity index (χ2v) is 12.5. The molecule has 11 nitrogen and oxygen atoms in total. The molecule has 2 aromatic rings. The lowest BCUT2D eigenvalue weighted by molar-refractivity contribution is -0.139. The van der Waals surface area contributed by atoms with E-state index in [2.05, 4.69) is 5.32 Å². The summed E-state index contributed by atoms with van der Waals surface area (Å²) in [5.41, 5.74) is 2.75. The minimum atomic E-state index is -1.33. The molecule has 1 atom stereocenters. The van der Waals surface area contributed by atoms with Crippen molar-refractivity contribution in [1.29, 1.82) is 0 Å². The van der Waals surface area contributed by atoms with Gasteiger partial charge in [0.05, 0.1) is 0 Å². The van der Waals surface area contributed by atoms with E-state index in [4.69, 9.17) is 14.2 Å². The first-order valence-corrected chi connectivity index (χ1v) is 14.3. The van der Waals surface area contributed by atoms with E-state index >= 15 is 0 Å². The van der Waals surface area contributed by atoms with Crippen LogP contribution in [0.1, 0.15) is 65.0 Å². The Hall–Kier alpha value is -4.28. The number of amides is 3. The van der Waals surface area contributed by atoms with Crippen molar-refractivity contribution in [1.82, 2.24) is 15.1 Å². The first kappa shape index (κ1) is 33.2. The number of aliphatic carboxylic acids is 1. The third-order valence-electron chi connectivity index (χ3n) is 6.68. The van der Waals surface area contributed by atoms with Gasteiger partial charge in [-0.2, -0.15) is 0 Å². The lowest BCUT2D eigenvalue weighted by Gasteiger charge is -2.30. The van der Waals surface area contributed by atoms with Gasteiger partial charge in [0.1, 0.15) is 23.9 Å². The van der Waals surface area contributed by atoms with Crippen LogP contribution in [0.25, 0.3) is 11.1 Å². The molecule has 11 heteroatoms. The van der Waals surface area contributed by atoms with Gasteiger partial charge in [-0.25, -0.2) is 19.2 Å². The molecule has 0 aliphatic heterocycles. The Bertz CT molecular complexity index is 1270. The fourth-order valence-corrected chi connectivity index (χ4v) is 4.65. The normalized spacial score (nSPS) is 13.3. The molecule has 0 unspecified atom stereocenters. The van der Waals surface area contributed by atoms with Gasteiger partial charge >= 0.3 is 24.2 Å². The molecule has 0 spiro atoms. The average molecular weight is 598 g/mol. The number of ether oxygens (including phenoxy) is 3. The molecule has 3 rings (SSSR count). The summed E-state index contributed by atoms with van der Waals surface area (Å²) in [5.74, 6) is -1.45. The number of carboxylic acid groups (broad SMARTS) is 1. The second kappa shape index (κ2) is 13.8. The lowest BCUT2D eigenvalue weighted by Crippen LogP contribution is -2.47. The quantitative estimate of drug-likeness (QED) is 0.344. The molecular weight excluding hydrogens is 554 g/mol. The van der Waals surface area contributed by atoms with E-state index < -0.39 is 41.5 Å². The van der Waals surface area contributed by atoms with E-state index in [1.54, 1.807) is 48.6 Å². The third-order valence-corrected chi connectivity index (χ3v) is 6.68. The topological polar surface area (TPSA) is 135 Å². The number of rotatable bonds is 10. The molecule has 3 amide bonds. The molecule has 0 fully saturated rings. The molecule has 0 radical (unpaired) electrons. The van der Waals surface area contributed by atoms with Crippen molar-refractivity contribution in [3.63, 3.8) is 0 Å². The predicted octanol–water partition coefficient (Wildman–Crippen LogP) is 5.47. The van der Waals surface area contributed by atoms with Gasteiger partial charge in [-0.15, -0.1) is 0 Å². The van der Waals surface area contributed by atoms with E-state index in [-0.39, 0.29) is 38.6 Å². The second-order valence-electron chi connectivity index (χ2n) is 12.5. The Morgan fingerprint density at radius 2 is 1.33 bits per heavy atom. The Morgan fingerprint density at radius 3 is 1.84 bits per heavy atom. The maximum Gasteiger partial charge on any atom is 0.410 e. The number of carbonyl (C=O) groups is 4. The minimum Gasteiger partial charge on any atom is -0.480 e. The highest BCUT2D eigenvalue weighted by Gasteiger charge is 2.31. The molecule has 43 heavy (non-hydrogen) atoms. The van der Waals surface area contributed by atoms with E-state index in [1.807, 2.05) is 48.5 Å². The number of hydrogen-bond donors (Lipinski definition) is 2. The highest BCUT2D eigenvalue weighted by molar-refractivity contribution is 5.81. The van der Waals surface area contributed by atoms with Crippen molar-refractivity contribution in [2.75, 3.05) is 33.3 Å². The van der Waals surface area contributed by atoms with Crippen LogP contribution in [0.2, 0.25) is 0 Å². The van der Waals surface area contributed by atoms with Crippen LogP contribution in [-0.4, -0.2) is 89.7 Å². The van der Waals surface area contributed by atoms with Gasteiger partial charge in [0.2, 0.25) is 0 Å².